The van der Waals surface area contributed by atoms with E-state index in [9.17, 15) is 4.39 Å². The number of piperazine rings is 1. The molecule has 34 heavy (non-hydrogen) atoms. The molecule has 2 aromatic heterocycles. The van der Waals surface area contributed by atoms with Gasteiger partial charge >= 0.3 is 0 Å². The Labute approximate surface area is 197 Å². The van der Waals surface area contributed by atoms with Crippen molar-refractivity contribution in [2.75, 3.05) is 57.1 Å². The van der Waals surface area contributed by atoms with Gasteiger partial charge in [-0.3, -0.25) is 4.90 Å². The summed E-state index contributed by atoms with van der Waals surface area (Å²) in [6.45, 7) is 7.10. The lowest BCUT2D eigenvalue weighted by molar-refractivity contribution is 0.144. The molecule has 9 heteroatoms. The highest BCUT2D eigenvalue weighted by atomic mass is 19.1. The van der Waals surface area contributed by atoms with E-state index in [4.69, 9.17) is 20.4 Å². The largest absolute Gasteiger partial charge is 0.383 e. The first-order valence-electron chi connectivity index (χ1n) is 11.4. The Kier molecular flexibility index (Phi) is 6.12. The molecular formula is C25H28FN7O. The average Bonchev–Trinajstić information content (AvgIpc) is 3.19. The van der Waals surface area contributed by atoms with Crippen LogP contribution in [-0.4, -0.2) is 71.1 Å². The lowest BCUT2D eigenvalue weighted by Crippen LogP contribution is -2.47. The number of benzene rings is 2. The number of halogens is 1. The maximum Gasteiger partial charge on any atom is 0.228 e. The summed E-state index contributed by atoms with van der Waals surface area (Å²) in [4.78, 5) is 14.3. The number of hydrogen-bond acceptors (Lipinski definition) is 7. The predicted molar refractivity (Wildman–Crippen MR) is 132 cm³/mol. The van der Waals surface area contributed by atoms with E-state index < -0.39 is 0 Å². The summed E-state index contributed by atoms with van der Waals surface area (Å²) in [6.07, 6.45) is 0. The van der Waals surface area contributed by atoms with Crippen molar-refractivity contribution in [2.24, 2.45) is 0 Å². The Hall–Kier alpha value is -3.56. The Bertz CT molecular complexity index is 1310. The molecule has 8 nitrogen and oxygen atoms in total. The van der Waals surface area contributed by atoms with Crippen molar-refractivity contribution in [1.82, 2.24) is 24.6 Å². The van der Waals surface area contributed by atoms with Crippen molar-refractivity contribution in [2.45, 2.75) is 6.92 Å². The van der Waals surface area contributed by atoms with Gasteiger partial charge in [0.1, 0.15) is 11.6 Å². The fourth-order valence-corrected chi connectivity index (χ4v) is 4.34. The molecule has 0 radical (unpaired) electrons. The van der Waals surface area contributed by atoms with Crippen LogP contribution in [0.25, 0.3) is 28.0 Å². The molecule has 4 aromatic rings. The van der Waals surface area contributed by atoms with Gasteiger partial charge in [0.2, 0.25) is 5.95 Å². The summed E-state index contributed by atoms with van der Waals surface area (Å²) in [6, 6.07) is 14.3. The summed E-state index contributed by atoms with van der Waals surface area (Å²) in [7, 11) is 1.72. The third kappa shape index (κ3) is 4.32. The minimum atomic E-state index is -0.353. The van der Waals surface area contributed by atoms with Crippen LogP contribution in [0.4, 0.5) is 16.2 Å². The van der Waals surface area contributed by atoms with Crippen LogP contribution in [0.2, 0.25) is 0 Å². The smallest absolute Gasteiger partial charge is 0.228 e. The molecule has 0 aliphatic carbocycles. The lowest BCUT2D eigenvalue weighted by Gasteiger charge is -2.34. The Morgan fingerprint density at radius 2 is 1.82 bits per heavy atom. The number of nitrogens with zero attached hydrogens (tertiary/aromatic N) is 6. The number of rotatable bonds is 6. The molecule has 176 valence electrons. The zero-order valence-corrected chi connectivity index (χ0v) is 19.4. The molecule has 1 saturated heterocycles. The molecule has 0 amide bonds. The van der Waals surface area contributed by atoms with Crippen molar-refractivity contribution in [3.8, 4) is 16.9 Å². The highest BCUT2D eigenvalue weighted by molar-refractivity contribution is 5.99. The first kappa shape index (κ1) is 22.2. The number of aromatic nitrogens is 4. The van der Waals surface area contributed by atoms with Crippen molar-refractivity contribution in [3.63, 3.8) is 0 Å². The summed E-state index contributed by atoms with van der Waals surface area (Å²) in [5.74, 6) is 0.654. The molecule has 0 saturated carbocycles. The Morgan fingerprint density at radius 1 is 1.03 bits per heavy atom. The zero-order chi connectivity index (χ0) is 23.7. The standard InChI is InChI=1S/C25H28FN7O/c1-17-5-3-6-18(15-17)22-21-23(27)33(20-8-4-7-19(26)16-20)30-24(21)29-25(28-22)32-11-9-31(10-12-32)13-14-34-2/h3-8,15-16H,9-14,27H2,1-2H3. The fourth-order valence-electron chi connectivity index (χ4n) is 4.34. The second kappa shape index (κ2) is 9.36. The van der Waals surface area contributed by atoms with Crippen molar-refractivity contribution >= 4 is 22.8 Å². The monoisotopic (exact) mass is 461 g/mol. The third-order valence-corrected chi connectivity index (χ3v) is 6.17. The Morgan fingerprint density at radius 3 is 2.56 bits per heavy atom. The maximum absolute atomic E-state index is 13.9. The molecule has 1 aliphatic heterocycles. The summed E-state index contributed by atoms with van der Waals surface area (Å²) >= 11 is 0. The van der Waals surface area contributed by atoms with Gasteiger partial charge in [0.15, 0.2) is 5.65 Å². The molecule has 5 rings (SSSR count). The van der Waals surface area contributed by atoms with Crippen LogP contribution in [0.3, 0.4) is 0 Å². The number of fused-ring (bicyclic) bond motifs is 1. The second-order valence-electron chi connectivity index (χ2n) is 8.54. The molecule has 0 atom stereocenters. The highest BCUT2D eigenvalue weighted by Crippen LogP contribution is 2.34. The van der Waals surface area contributed by atoms with Crippen LogP contribution in [0, 0.1) is 12.7 Å². The van der Waals surface area contributed by atoms with Gasteiger partial charge in [-0.15, -0.1) is 5.10 Å². The van der Waals surface area contributed by atoms with E-state index in [2.05, 4.69) is 21.0 Å². The van der Waals surface area contributed by atoms with Crippen LogP contribution < -0.4 is 10.6 Å². The number of anilines is 2. The van der Waals surface area contributed by atoms with E-state index in [0.717, 1.165) is 56.2 Å². The Balaban J connectivity index is 1.60. The number of nitrogens with two attached hydrogens (primary N) is 1. The molecule has 0 bridgehead atoms. The molecule has 2 aromatic carbocycles. The fraction of sp³-hybridized carbons (Fsp3) is 0.320. The quantitative estimate of drug-likeness (QED) is 0.472. The van der Waals surface area contributed by atoms with Crippen LogP contribution >= 0.6 is 0 Å². The maximum atomic E-state index is 13.9. The van der Waals surface area contributed by atoms with Crippen LogP contribution in [0.5, 0.6) is 0 Å². The van der Waals surface area contributed by atoms with E-state index in [1.807, 2.05) is 25.1 Å². The number of nitrogen functional groups attached to an aromatic ring is 1. The molecule has 3 heterocycles. The third-order valence-electron chi connectivity index (χ3n) is 6.17. The molecule has 0 unspecified atom stereocenters. The first-order valence-corrected chi connectivity index (χ1v) is 11.4. The molecule has 0 spiro atoms. The van der Waals surface area contributed by atoms with Crippen molar-refractivity contribution in [1.29, 1.82) is 0 Å². The topological polar surface area (TPSA) is 85.3 Å². The summed E-state index contributed by atoms with van der Waals surface area (Å²) in [5.41, 5.74) is 10.4. The van der Waals surface area contributed by atoms with Gasteiger partial charge in [-0.25, -0.2) is 14.1 Å². The van der Waals surface area contributed by atoms with Crippen LogP contribution in [0.15, 0.2) is 48.5 Å². The van der Waals surface area contributed by atoms with E-state index >= 15 is 0 Å². The van der Waals surface area contributed by atoms with Gasteiger partial charge in [0.25, 0.3) is 0 Å². The molecule has 1 fully saturated rings. The summed E-state index contributed by atoms with van der Waals surface area (Å²) in [5, 5.41) is 5.33. The van der Waals surface area contributed by atoms with E-state index in [0.29, 0.717) is 28.5 Å². The van der Waals surface area contributed by atoms with Crippen LogP contribution in [0.1, 0.15) is 5.56 Å². The lowest BCUT2D eigenvalue weighted by atomic mass is 10.1. The van der Waals surface area contributed by atoms with Gasteiger partial charge in [0, 0.05) is 45.4 Å². The van der Waals surface area contributed by atoms with Gasteiger partial charge in [-0.2, -0.15) is 4.98 Å². The normalized spacial score (nSPS) is 14.7. The molecule has 2 N–H and O–H groups in total. The molecular weight excluding hydrogens is 433 g/mol. The SMILES string of the molecule is COCCN1CCN(c2nc(-c3cccc(C)c3)c3c(N)n(-c4cccc(F)c4)nc3n2)CC1. The van der Waals surface area contributed by atoms with Gasteiger partial charge in [-0.05, 0) is 31.2 Å². The van der Waals surface area contributed by atoms with E-state index in [-0.39, 0.29) is 5.82 Å². The molecule has 1 aliphatic rings. The van der Waals surface area contributed by atoms with Crippen LogP contribution in [-0.2, 0) is 4.74 Å². The number of hydrogen-bond donors (Lipinski definition) is 1. The number of aryl methyl sites for hydroxylation is 1. The van der Waals surface area contributed by atoms with Crippen molar-refractivity contribution < 1.29 is 9.13 Å². The minimum Gasteiger partial charge on any atom is -0.383 e. The highest BCUT2D eigenvalue weighted by Gasteiger charge is 2.24. The average molecular weight is 462 g/mol. The van der Waals surface area contributed by atoms with E-state index in [1.54, 1.807) is 19.2 Å². The zero-order valence-electron chi connectivity index (χ0n) is 19.4. The van der Waals surface area contributed by atoms with E-state index in [1.165, 1.54) is 16.8 Å². The number of methoxy groups -OCH3 is 1. The first-order chi connectivity index (χ1) is 16.5. The van der Waals surface area contributed by atoms with Gasteiger partial charge in [0.05, 0.1) is 23.4 Å². The second-order valence-corrected chi connectivity index (χ2v) is 8.54. The predicted octanol–water partition coefficient (Wildman–Crippen LogP) is 3.28. The van der Waals surface area contributed by atoms with Gasteiger partial charge < -0.3 is 15.4 Å². The number of ether oxygens (including phenoxy) is 1. The van der Waals surface area contributed by atoms with Gasteiger partial charge in [-0.1, -0.05) is 29.8 Å². The van der Waals surface area contributed by atoms with Crippen molar-refractivity contribution in [3.05, 3.63) is 59.9 Å². The minimum absolute atomic E-state index is 0.353. The summed E-state index contributed by atoms with van der Waals surface area (Å²) < 4.78 is 20.7.